The van der Waals surface area contributed by atoms with E-state index >= 15 is 0 Å². The summed E-state index contributed by atoms with van der Waals surface area (Å²) >= 11 is 0. The Kier molecular flexibility index (Phi) is 4.81. The summed E-state index contributed by atoms with van der Waals surface area (Å²) in [5.41, 5.74) is 9.24. The van der Waals surface area contributed by atoms with Crippen LogP contribution in [-0.2, 0) is 13.1 Å². The molecule has 2 rings (SSSR count). The molecule has 3 nitrogen and oxygen atoms in total. The van der Waals surface area contributed by atoms with Gasteiger partial charge >= 0.3 is 0 Å². The molecule has 3 heteroatoms. The van der Waals surface area contributed by atoms with Crippen molar-refractivity contribution in [2.45, 2.75) is 59.5 Å². The second-order valence-electron chi connectivity index (χ2n) is 6.02. The maximum Gasteiger partial charge on any atom is 0.112 e. The molecule has 1 aromatic carbocycles. The van der Waals surface area contributed by atoms with Crippen LogP contribution >= 0.6 is 0 Å². The summed E-state index contributed by atoms with van der Waals surface area (Å²) in [4.78, 5) is 4.92. The van der Waals surface area contributed by atoms with Crippen LogP contribution in [0.15, 0.2) is 18.2 Å². The maximum atomic E-state index is 5.74. The summed E-state index contributed by atoms with van der Waals surface area (Å²) in [6, 6.07) is 6.44. The summed E-state index contributed by atoms with van der Waals surface area (Å²) in [5.74, 6) is 2.41. The van der Waals surface area contributed by atoms with E-state index in [9.17, 15) is 0 Å². The summed E-state index contributed by atoms with van der Waals surface area (Å²) < 4.78 is 2.41. The lowest BCUT2D eigenvalue weighted by Gasteiger charge is -2.17. The Bertz CT molecular complexity index is 565. The van der Waals surface area contributed by atoms with Gasteiger partial charge in [0.1, 0.15) is 5.82 Å². The molecule has 2 aromatic rings. The van der Waals surface area contributed by atoms with Crippen LogP contribution in [0.1, 0.15) is 57.8 Å². The Labute approximate surface area is 122 Å². The van der Waals surface area contributed by atoms with Crippen LogP contribution in [0, 0.1) is 5.92 Å². The van der Waals surface area contributed by atoms with Crippen LogP contribution < -0.4 is 5.73 Å². The van der Waals surface area contributed by atoms with Crippen molar-refractivity contribution >= 4 is 11.0 Å². The SMILES string of the molecule is CCC(CC)c1nc2cc(CN)ccc2n1CC(C)C. The summed E-state index contributed by atoms with van der Waals surface area (Å²) in [6.07, 6.45) is 2.28. The fourth-order valence-corrected chi connectivity index (χ4v) is 2.84. The van der Waals surface area contributed by atoms with Crippen molar-refractivity contribution in [1.82, 2.24) is 9.55 Å². The van der Waals surface area contributed by atoms with Crippen LogP contribution in [0.4, 0.5) is 0 Å². The smallest absolute Gasteiger partial charge is 0.112 e. The lowest BCUT2D eigenvalue weighted by Crippen LogP contribution is -2.11. The molecule has 0 bridgehead atoms. The minimum Gasteiger partial charge on any atom is -0.327 e. The Hall–Kier alpha value is -1.35. The van der Waals surface area contributed by atoms with Gasteiger partial charge in [-0.2, -0.15) is 0 Å². The molecule has 2 N–H and O–H groups in total. The van der Waals surface area contributed by atoms with Gasteiger partial charge in [-0.25, -0.2) is 4.98 Å². The number of benzene rings is 1. The Morgan fingerprint density at radius 3 is 2.45 bits per heavy atom. The van der Waals surface area contributed by atoms with Crippen LogP contribution in [0.25, 0.3) is 11.0 Å². The van der Waals surface area contributed by atoms with Crippen LogP contribution in [-0.4, -0.2) is 9.55 Å². The molecule has 0 aliphatic carbocycles. The molecular formula is C17H27N3. The van der Waals surface area contributed by atoms with Crippen molar-refractivity contribution in [3.05, 3.63) is 29.6 Å². The van der Waals surface area contributed by atoms with Crippen molar-refractivity contribution in [1.29, 1.82) is 0 Å². The molecule has 0 aliphatic heterocycles. The number of nitrogens with zero attached hydrogens (tertiary/aromatic N) is 2. The first-order valence-corrected chi connectivity index (χ1v) is 7.79. The van der Waals surface area contributed by atoms with Gasteiger partial charge in [0.05, 0.1) is 11.0 Å². The normalized spacial score (nSPS) is 11.9. The number of hydrogen-bond acceptors (Lipinski definition) is 2. The first-order valence-electron chi connectivity index (χ1n) is 7.79. The zero-order valence-electron chi connectivity index (χ0n) is 13.2. The van der Waals surface area contributed by atoms with Gasteiger partial charge in [0.25, 0.3) is 0 Å². The first-order chi connectivity index (χ1) is 9.60. The number of rotatable bonds is 6. The fourth-order valence-electron chi connectivity index (χ4n) is 2.84. The number of nitrogens with two attached hydrogens (primary N) is 1. The molecule has 0 saturated heterocycles. The van der Waals surface area contributed by atoms with Crippen LogP contribution in [0.2, 0.25) is 0 Å². The molecule has 20 heavy (non-hydrogen) atoms. The largest absolute Gasteiger partial charge is 0.327 e. The molecule has 0 fully saturated rings. The molecule has 1 aromatic heterocycles. The third-order valence-corrected chi connectivity index (χ3v) is 3.98. The Morgan fingerprint density at radius 2 is 1.90 bits per heavy atom. The highest BCUT2D eigenvalue weighted by Gasteiger charge is 2.18. The van der Waals surface area contributed by atoms with E-state index in [-0.39, 0.29) is 0 Å². The zero-order valence-corrected chi connectivity index (χ0v) is 13.2. The highest BCUT2D eigenvalue weighted by Crippen LogP contribution is 2.28. The van der Waals surface area contributed by atoms with Gasteiger partial charge in [-0.15, -0.1) is 0 Å². The van der Waals surface area contributed by atoms with E-state index in [1.165, 1.54) is 11.3 Å². The van der Waals surface area contributed by atoms with Gasteiger partial charge < -0.3 is 10.3 Å². The van der Waals surface area contributed by atoms with Crippen molar-refractivity contribution in [3.8, 4) is 0 Å². The van der Waals surface area contributed by atoms with Gasteiger partial charge in [0.15, 0.2) is 0 Å². The lowest BCUT2D eigenvalue weighted by molar-refractivity contribution is 0.486. The number of aromatic nitrogens is 2. The van der Waals surface area contributed by atoms with E-state index < -0.39 is 0 Å². The number of hydrogen-bond donors (Lipinski definition) is 1. The third kappa shape index (κ3) is 2.88. The Balaban J connectivity index is 2.58. The minimum atomic E-state index is 0.544. The van der Waals surface area contributed by atoms with Gasteiger partial charge in [-0.3, -0.25) is 0 Å². The first kappa shape index (κ1) is 15.0. The average Bonchev–Trinajstić information content (AvgIpc) is 2.77. The monoisotopic (exact) mass is 273 g/mol. The van der Waals surface area contributed by atoms with Gasteiger partial charge in [0.2, 0.25) is 0 Å². The van der Waals surface area contributed by atoms with Crippen LogP contribution in [0.3, 0.4) is 0 Å². The zero-order chi connectivity index (χ0) is 14.7. The van der Waals surface area contributed by atoms with E-state index in [1.807, 2.05) is 0 Å². The van der Waals surface area contributed by atoms with Crippen LogP contribution in [0.5, 0.6) is 0 Å². The van der Waals surface area contributed by atoms with Gasteiger partial charge in [-0.1, -0.05) is 33.8 Å². The summed E-state index contributed by atoms with van der Waals surface area (Å²) in [6.45, 7) is 10.6. The highest BCUT2D eigenvalue weighted by molar-refractivity contribution is 5.77. The molecule has 0 aliphatic rings. The predicted octanol–water partition coefficient (Wildman–Crippen LogP) is 4.05. The van der Waals surface area contributed by atoms with E-state index in [2.05, 4.69) is 50.5 Å². The van der Waals surface area contributed by atoms with Gasteiger partial charge in [-0.05, 0) is 36.5 Å². The van der Waals surface area contributed by atoms with Crippen molar-refractivity contribution in [2.75, 3.05) is 0 Å². The topological polar surface area (TPSA) is 43.8 Å². The van der Waals surface area contributed by atoms with E-state index in [1.54, 1.807) is 0 Å². The quantitative estimate of drug-likeness (QED) is 0.862. The molecule has 1 heterocycles. The van der Waals surface area contributed by atoms with Crippen molar-refractivity contribution in [3.63, 3.8) is 0 Å². The second kappa shape index (κ2) is 6.40. The van der Waals surface area contributed by atoms with E-state index in [0.717, 1.165) is 30.5 Å². The molecule has 0 atom stereocenters. The second-order valence-corrected chi connectivity index (χ2v) is 6.02. The van der Waals surface area contributed by atoms with Gasteiger partial charge in [0, 0.05) is 19.0 Å². The summed E-state index contributed by atoms with van der Waals surface area (Å²) in [7, 11) is 0. The molecule has 0 spiro atoms. The van der Waals surface area contributed by atoms with Crippen molar-refractivity contribution in [2.24, 2.45) is 11.7 Å². The van der Waals surface area contributed by atoms with E-state index in [4.69, 9.17) is 10.7 Å². The maximum absolute atomic E-state index is 5.74. The average molecular weight is 273 g/mol. The number of fused-ring (bicyclic) bond motifs is 1. The molecule has 0 unspecified atom stereocenters. The summed E-state index contributed by atoms with van der Waals surface area (Å²) in [5, 5.41) is 0. The fraction of sp³-hybridized carbons (Fsp3) is 0.588. The Morgan fingerprint density at radius 1 is 1.20 bits per heavy atom. The molecule has 0 radical (unpaired) electrons. The third-order valence-electron chi connectivity index (χ3n) is 3.98. The van der Waals surface area contributed by atoms with Crippen molar-refractivity contribution < 1.29 is 0 Å². The minimum absolute atomic E-state index is 0.544. The van der Waals surface area contributed by atoms with E-state index in [0.29, 0.717) is 18.4 Å². The molecular weight excluding hydrogens is 246 g/mol. The lowest BCUT2D eigenvalue weighted by atomic mass is 10.0. The molecule has 0 amide bonds. The molecule has 110 valence electrons. The number of imidazole rings is 1. The predicted molar refractivity (Wildman–Crippen MR) is 85.8 cm³/mol. The molecule has 0 saturated carbocycles. The standard InChI is InChI=1S/C17H27N3/c1-5-14(6-2)17-19-15-9-13(10-18)7-8-16(15)20(17)11-12(3)4/h7-9,12,14H,5-6,10-11,18H2,1-4H3. The highest BCUT2D eigenvalue weighted by atomic mass is 15.1.